The van der Waals surface area contributed by atoms with E-state index < -0.39 is 10.0 Å². The monoisotopic (exact) mass is 348 g/mol. The van der Waals surface area contributed by atoms with Crippen LogP contribution in [0.25, 0.3) is 0 Å². The Hall–Kier alpha value is -2.45. The molecule has 0 spiro atoms. The molecule has 8 heteroatoms. The third-order valence-corrected chi connectivity index (χ3v) is 4.68. The summed E-state index contributed by atoms with van der Waals surface area (Å²) in [5.41, 5.74) is 0.964. The van der Waals surface area contributed by atoms with Crippen LogP contribution in [0.1, 0.15) is 5.56 Å². The molecule has 0 aliphatic carbocycles. The molecule has 1 heterocycles. The van der Waals surface area contributed by atoms with Gasteiger partial charge in [-0.15, -0.1) is 0 Å². The van der Waals surface area contributed by atoms with Gasteiger partial charge in [-0.3, -0.25) is 4.79 Å². The minimum Gasteiger partial charge on any atom is -0.368 e. The summed E-state index contributed by atoms with van der Waals surface area (Å²) in [7, 11) is -2.13. The number of benzene rings is 1. The molecule has 0 bridgehead atoms. The predicted octanol–water partition coefficient (Wildman–Crippen LogP) is 0.760. The zero-order valence-electron chi connectivity index (χ0n) is 13.3. The van der Waals surface area contributed by atoms with Crippen LogP contribution in [0.2, 0.25) is 0 Å². The summed E-state index contributed by atoms with van der Waals surface area (Å²) >= 11 is 0. The SMILES string of the molecule is CNS(=O)(=O)c1ccc(NCCNC(=O)Cc2ccccc2)nc1. The lowest BCUT2D eigenvalue weighted by atomic mass is 10.1. The maximum atomic E-state index is 11.8. The van der Waals surface area contributed by atoms with Crippen LogP contribution < -0.4 is 15.4 Å². The van der Waals surface area contributed by atoms with Crippen LogP contribution in [-0.4, -0.2) is 39.4 Å². The Morgan fingerprint density at radius 1 is 1.08 bits per heavy atom. The molecule has 0 aliphatic heterocycles. The third-order valence-electron chi connectivity index (χ3n) is 3.28. The standard InChI is InChI=1S/C16H20N4O3S/c1-17-24(22,23)14-7-8-15(20-12-14)18-9-10-19-16(21)11-13-5-3-2-4-6-13/h2-8,12,17H,9-11H2,1H3,(H,18,20)(H,19,21). The highest BCUT2D eigenvalue weighted by molar-refractivity contribution is 7.89. The smallest absolute Gasteiger partial charge is 0.241 e. The van der Waals surface area contributed by atoms with Crippen LogP contribution in [0.3, 0.4) is 0 Å². The quantitative estimate of drug-likeness (QED) is 0.612. The molecule has 1 aromatic heterocycles. The van der Waals surface area contributed by atoms with Gasteiger partial charge in [0.25, 0.3) is 0 Å². The van der Waals surface area contributed by atoms with E-state index in [-0.39, 0.29) is 10.8 Å². The van der Waals surface area contributed by atoms with Gasteiger partial charge in [-0.05, 0) is 24.7 Å². The molecule has 128 valence electrons. The van der Waals surface area contributed by atoms with Crippen molar-refractivity contribution >= 4 is 21.7 Å². The number of anilines is 1. The summed E-state index contributed by atoms with van der Waals surface area (Å²) in [5.74, 6) is 0.494. The number of carbonyl (C=O) groups excluding carboxylic acids is 1. The first-order chi connectivity index (χ1) is 11.5. The van der Waals surface area contributed by atoms with Gasteiger partial charge in [-0.1, -0.05) is 30.3 Å². The lowest BCUT2D eigenvalue weighted by Gasteiger charge is -2.08. The van der Waals surface area contributed by atoms with Crippen LogP contribution in [0.5, 0.6) is 0 Å². The first kappa shape index (κ1) is 17.9. The maximum Gasteiger partial charge on any atom is 0.241 e. The number of rotatable bonds is 8. The molecular weight excluding hydrogens is 328 g/mol. The van der Waals surface area contributed by atoms with Crippen molar-refractivity contribution in [2.24, 2.45) is 0 Å². The van der Waals surface area contributed by atoms with Gasteiger partial charge >= 0.3 is 0 Å². The molecular formula is C16H20N4O3S. The highest BCUT2D eigenvalue weighted by Gasteiger charge is 2.11. The summed E-state index contributed by atoms with van der Waals surface area (Å²) in [5, 5.41) is 5.83. The lowest BCUT2D eigenvalue weighted by Crippen LogP contribution is -2.30. The Balaban J connectivity index is 1.73. The molecule has 7 nitrogen and oxygen atoms in total. The van der Waals surface area contributed by atoms with E-state index in [1.54, 1.807) is 6.07 Å². The molecule has 0 atom stereocenters. The summed E-state index contributed by atoms with van der Waals surface area (Å²) in [4.78, 5) is 15.9. The van der Waals surface area contributed by atoms with Crippen LogP contribution in [-0.2, 0) is 21.2 Å². The van der Waals surface area contributed by atoms with Crippen molar-refractivity contribution in [1.82, 2.24) is 15.0 Å². The number of sulfonamides is 1. The van der Waals surface area contributed by atoms with Gasteiger partial charge in [-0.25, -0.2) is 18.1 Å². The number of hydrogen-bond donors (Lipinski definition) is 3. The molecule has 1 aromatic carbocycles. The highest BCUT2D eigenvalue weighted by Crippen LogP contribution is 2.09. The van der Waals surface area contributed by atoms with Gasteiger partial charge < -0.3 is 10.6 Å². The second kappa shape index (κ2) is 8.42. The van der Waals surface area contributed by atoms with Gasteiger partial charge in [0.2, 0.25) is 15.9 Å². The maximum absolute atomic E-state index is 11.8. The average molecular weight is 348 g/mol. The minimum atomic E-state index is -3.48. The van der Waals surface area contributed by atoms with Gasteiger partial charge in [0.1, 0.15) is 10.7 Å². The molecule has 0 saturated heterocycles. The molecule has 0 fully saturated rings. The van der Waals surface area contributed by atoms with E-state index in [1.807, 2.05) is 30.3 Å². The van der Waals surface area contributed by atoms with E-state index in [9.17, 15) is 13.2 Å². The normalized spacial score (nSPS) is 11.0. The Kier molecular flexibility index (Phi) is 6.28. The van der Waals surface area contributed by atoms with Crippen molar-refractivity contribution in [2.75, 3.05) is 25.5 Å². The molecule has 0 aliphatic rings. The molecule has 0 unspecified atom stereocenters. The summed E-state index contributed by atoms with van der Waals surface area (Å²) in [6, 6.07) is 12.6. The number of nitrogens with one attached hydrogen (secondary N) is 3. The largest absolute Gasteiger partial charge is 0.368 e. The second-order valence-corrected chi connectivity index (χ2v) is 6.91. The Bertz CT molecular complexity index is 762. The summed E-state index contributed by atoms with van der Waals surface area (Å²) in [6.45, 7) is 0.940. The predicted molar refractivity (Wildman–Crippen MR) is 92.1 cm³/mol. The topological polar surface area (TPSA) is 100 Å². The molecule has 24 heavy (non-hydrogen) atoms. The van der Waals surface area contributed by atoms with Crippen molar-refractivity contribution in [2.45, 2.75) is 11.3 Å². The zero-order valence-corrected chi connectivity index (χ0v) is 14.1. The van der Waals surface area contributed by atoms with E-state index in [2.05, 4.69) is 20.3 Å². The van der Waals surface area contributed by atoms with Crippen molar-refractivity contribution < 1.29 is 13.2 Å². The van der Waals surface area contributed by atoms with E-state index in [0.29, 0.717) is 25.3 Å². The summed E-state index contributed by atoms with van der Waals surface area (Å²) < 4.78 is 25.4. The lowest BCUT2D eigenvalue weighted by molar-refractivity contribution is -0.120. The average Bonchev–Trinajstić information content (AvgIpc) is 2.60. The number of aromatic nitrogens is 1. The Labute approximate surface area is 141 Å². The van der Waals surface area contributed by atoms with E-state index in [1.165, 1.54) is 19.3 Å². The fourth-order valence-electron chi connectivity index (χ4n) is 2.00. The number of carbonyl (C=O) groups is 1. The number of nitrogens with zero attached hydrogens (tertiary/aromatic N) is 1. The van der Waals surface area contributed by atoms with Crippen molar-refractivity contribution in [3.8, 4) is 0 Å². The van der Waals surface area contributed by atoms with Crippen LogP contribution in [0.4, 0.5) is 5.82 Å². The van der Waals surface area contributed by atoms with Crippen LogP contribution in [0.15, 0.2) is 53.6 Å². The highest BCUT2D eigenvalue weighted by atomic mass is 32.2. The molecule has 2 aromatic rings. The Morgan fingerprint density at radius 3 is 2.46 bits per heavy atom. The molecule has 0 saturated carbocycles. The first-order valence-corrected chi connectivity index (χ1v) is 8.93. The van der Waals surface area contributed by atoms with Crippen molar-refractivity contribution in [3.63, 3.8) is 0 Å². The number of amides is 1. The second-order valence-electron chi connectivity index (χ2n) is 5.03. The fourth-order valence-corrected chi connectivity index (χ4v) is 2.67. The van der Waals surface area contributed by atoms with E-state index in [4.69, 9.17) is 0 Å². The third kappa shape index (κ3) is 5.32. The first-order valence-electron chi connectivity index (χ1n) is 7.45. The van der Waals surface area contributed by atoms with E-state index in [0.717, 1.165) is 5.56 Å². The van der Waals surface area contributed by atoms with E-state index >= 15 is 0 Å². The molecule has 2 rings (SSSR count). The molecule has 1 amide bonds. The number of hydrogen-bond acceptors (Lipinski definition) is 5. The summed E-state index contributed by atoms with van der Waals surface area (Å²) in [6.07, 6.45) is 1.62. The zero-order chi connectivity index (χ0) is 17.4. The van der Waals surface area contributed by atoms with Crippen LogP contribution in [0, 0.1) is 0 Å². The van der Waals surface area contributed by atoms with Gasteiger partial charge in [-0.2, -0.15) is 0 Å². The van der Waals surface area contributed by atoms with Gasteiger partial charge in [0.05, 0.1) is 6.42 Å². The fraction of sp³-hybridized carbons (Fsp3) is 0.250. The molecule has 3 N–H and O–H groups in total. The van der Waals surface area contributed by atoms with Gasteiger partial charge in [0, 0.05) is 19.3 Å². The van der Waals surface area contributed by atoms with Crippen molar-refractivity contribution in [1.29, 1.82) is 0 Å². The molecule has 0 radical (unpaired) electrons. The number of pyridine rings is 1. The Morgan fingerprint density at radius 2 is 1.83 bits per heavy atom. The van der Waals surface area contributed by atoms with Gasteiger partial charge in [0.15, 0.2) is 0 Å². The van der Waals surface area contributed by atoms with Crippen molar-refractivity contribution in [3.05, 3.63) is 54.2 Å². The minimum absolute atomic E-state index is 0.0496. The van der Waals surface area contributed by atoms with Crippen LogP contribution >= 0.6 is 0 Å².